The molecule has 33 heavy (non-hydrogen) atoms. The fraction of sp³-hybridized carbons (Fsp3) is 0.429. The van der Waals surface area contributed by atoms with Crippen molar-refractivity contribution < 1.29 is 43.0 Å². The summed E-state index contributed by atoms with van der Waals surface area (Å²) in [5.41, 5.74) is 0.766. The lowest BCUT2D eigenvalue weighted by Gasteiger charge is -2.47. The van der Waals surface area contributed by atoms with Crippen LogP contribution in [0.5, 0.6) is 0 Å². The lowest BCUT2D eigenvalue weighted by Crippen LogP contribution is -2.66. The lowest BCUT2D eigenvalue weighted by atomic mass is 9.89. The van der Waals surface area contributed by atoms with Crippen molar-refractivity contribution in [1.82, 2.24) is 4.90 Å². The van der Waals surface area contributed by atoms with E-state index in [9.17, 15) is 29.3 Å². The largest absolute Gasteiger partial charge is 0.508 e. The molecule has 3 atom stereocenters. The number of amides is 1. The minimum Gasteiger partial charge on any atom is -0.464 e. The average molecular weight is 464 g/mol. The summed E-state index contributed by atoms with van der Waals surface area (Å²) in [6.07, 6.45) is -3.33. The standard InChI is InChI=1S/C21H24N2O10/c1-11(2)17(20(26)30-5)22-18(25)16(19(22)33-13(4)24)12(3)32-21(27)31-10-14-6-8-15(9-7-14)23(28)29/h6-9,12,16,19H,10H2,1-5H3/t12-,16?,19?/m1/s1. The van der Waals surface area contributed by atoms with E-state index in [-0.39, 0.29) is 18.0 Å². The zero-order valence-corrected chi connectivity index (χ0v) is 18.7. The molecule has 1 saturated heterocycles. The van der Waals surface area contributed by atoms with Crippen molar-refractivity contribution >= 4 is 29.7 Å². The monoisotopic (exact) mass is 464 g/mol. The maximum Gasteiger partial charge on any atom is 0.508 e. The van der Waals surface area contributed by atoms with E-state index in [1.807, 2.05) is 0 Å². The van der Waals surface area contributed by atoms with Crippen LogP contribution in [-0.2, 0) is 39.9 Å². The molecule has 1 aliphatic rings. The van der Waals surface area contributed by atoms with Gasteiger partial charge in [0.05, 0.1) is 12.0 Å². The molecule has 1 heterocycles. The van der Waals surface area contributed by atoms with Crippen LogP contribution >= 0.6 is 0 Å². The molecule has 12 nitrogen and oxygen atoms in total. The highest BCUT2D eigenvalue weighted by atomic mass is 16.7. The number of esters is 2. The zero-order chi connectivity index (χ0) is 24.9. The van der Waals surface area contributed by atoms with Gasteiger partial charge in [-0.15, -0.1) is 0 Å². The number of hydrogen-bond donors (Lipinski definition) is 0. The number of allylic oxidation sites excluding steroid dienone is 1. The van der Waals surface area contributed by atoms with Gasteiger partial charge in [0, 0.05) is 19.1 Å². The Morgan fingerprint density at radius 3 is 2.24 bits per heavy atom. The highest BCUT2D eigenvalue weighted by Crippen LogP contribution is 2.37. The number of rotatable bonds is 8. The molecule has 178 valence electrons. The summed E-state index contributed by atoms with van der Waals surface area (Å²) in [6.45, 7) is 5.53. The number of hydrogen-bond acceptors (Lipinski definition) is 10. The molecular formula is C21H24N2O10. The molecule has 0 spiro atoms. The number of nitro groups is 1. The first kappa shape index (κ1) is 25.3. The van der Waals surface area contributed by atoms with Crippen LogP contribution in [0.1, 0.15) is 33.3 Å². The summed E-state index contributed by atoms with van der Waals surface area (Å²) in [5.74, 6) is -3.15. The molecule has 2 unspecified atom stereocenters. The van der Waals surface area contributed by atoms with Crippen molar-refractivity contribution in [2.75, 3.05) is 7.11 Å². The van der Waals surface area contributed by atoms with Gasteiger partial charge in [-0.1, -0.05) is 0 Å². The second-order valence-electron chi connectivity index (χ2n) is 7.36. The number of carbonyl (C=O) groups excluding carboxylic acids is 4. The normalized spacial score (nSPS) is 17.8. The van der Waals surface area contributed by atoms with Crippen molar-refractivity contribution in [1.29, 1.82) is 0 Å². The van der Waals surface area contributed by atoms with E-state index in [4.69, 9.17) is 18.9 Å². The quantitative estimate of drug-likeness (QED) is 0.140. The van der Waals surface area contributed by atoms with Crippen molar-refractivity contribution in [3.05, 3.63) is 51.2 Å². The molecule has 2 rings (SSSR count). The highest BCUT2D eigenvalue weighted by molar-refractivity contribution is 5.99. The molecule has 12 heteroatoms. The van der Waals surface area contributed by atoms with Crippen molar-refractivity contribution in [3.8, 4) is 0 Å². The molecule has 1 aliphatic heterocycles. The van der Waals surface area contributed by atoms with E-state index in [0.717, 1.165) is 18.9 Å². The van der Waals surface area contributed by atoms with E-state index >= 15 is 0 Å². The van der Waals surface area contributed by atoms with E-state index in [1.165, 1.54) is 31.2 Å². The summed E-state index contributed by atoms with van der Waals surface area (Å²) < 4.78 is 20.1. The fourth-order valence-corrected chi connectivity index (χ4v) is 3.21. The number of likely N-dealkylation sites (tertiary alicyclic amines) is 1. The minimum atomic E-state index is -1.18. The Balaban J connectivity index is 2.06. The number of nitrogens with zero attached hydrogens (tertiary/aromatic N) is 2. The number of benzene rings is 1. The molecule has 0 N–H and O–H groups in total. The lowest BCUT2D eigenvalue weighted by molar-refractivity contribution is -0.384. The van der Waals surface area contributed by atoms with Gasteiger partial charge in [-0.05, 0) is 44.0 Å². The minimum absolute atomic E-state index is 0.0713. The first-order chi connectivity index (χ1) is 15.5. The second-order valence-corrected chi connectivity index (χ2v) is 7.36. The van der Waals surface area contributed by atoms with Crippen molar-refractivity contribution in [2.45, 2.75) is 46.6 Å². The number of nitro benzene ring substituents is 1. The van der Waals surface area contributed by atoms with Crippen molar-refractivity contribution in [3.63, 3.8) is 0 Å². The third-order valence-electron chi connectivity index (χ3n) is 4.76. The molecule has 0 bridgehead atoms. The number of carbonyl (C=O) groups is 4. The van der Waals surface area contributed by atoms with Crippen LogP contribution in [0.2, 0.25) is 0 Å². The highest BCUT2D eigenvalue weighted by Gasteiger charge is 2.56. The molecule has 0 aliphatic carbocycles. The maximum absolute atomic E-state index is 12.8. The van der Waals surface area contributed by atoms with Gasteiger partial charge >= 0.3 is 18.1 Å². The van der Waals surface area contributed by atoms with E-state index in [2.05, 4.69) is 0 Å². The molecule has 1 fully saturated rings. The van der Waals surface area contributed by atoms with Crippen LogP contribution in [0.25, 0.3) is 0 Å². The first-order valence-electron chi connectivity index (χ1n) is 9.80. The summed E-state index contributed by atoms with van der Waals surface area (Å²) in [7, 11) is 1.15. The van der Waals surface area contributed by atoms with Crippen LogP contribution in [0.3, 0.4) is 0 Å². The molecule has 0 radical (unpaired) electrons. The van der Waals surface area contributed by atoms with Crippen LogP contribution < -0.4 is 0 Å². The summed E-state index contributed by atoms with van der Waals surface area (Å²) in [4.78, 5) is 59.7. The third-order valence-corrected chi connectivity index (χ3v) is 4.76. The predicted molar refractivity (Wildman–Crippen MR) is 110 cm³/mol. The van der Waals surface area contributed by atoms with Gasteiger partial charge in [-0.25, -0.2) is 9.59 Å². The van der Waals surface area contributed by atoms with Crippen LogP contribution in [0, 0.1) is 16.0 Å². The Labute approximate surface area is 189 Å². The number of β-lactam (4-membered cyclic amide) rings is 1. The first-order valence-corrected chi connectivity index (χ1v) is 9.80. The fourth-order valence-electron chi connectivity index (χ4n) is 3.21. The van der Waals surface area contributed by atoms with E-state index in [0.29, 0.717) is 11.1 Å². The Morgan fingerprint density at radius 2 is 1.76 bits per heavy atom. The molecule has 0 saturated carbocycles. The molecule has 1 aromatic rings. The molecule has 0 aromatic heterocycles. The summed E-state index contributed by atoms with van der Waals surface area (Å²) >= 11 is 0. The second kappa shape index (κ2) is 10.6. The van der Waals surface area contributed by atoms with Gasteiger partial charge in [0.15, 0.2) is 6.23 Å². The molecular weight excluding hydrogens is 440 g/mol. The van der Waals surface area contributed by atoms with Gasteiger partial charge in [0.2, 0.25) is 5.91 Å². The van der Waals surface area contributed by atoms with Gasteiger partial charge < -0.3 is 18.9 Å². The Bertz CT molecular complexity index is 981. The smallest absolute Gasteiger partial charge is 0.464 e. The van der Waals surface area contributed by atoms with Gasteiger partial charge in [0.1, 0.15) is 24.3 Å². The van der Waals surface area contributed by atoms with E-state index in [1.54, 1.807) is 13.8 Å². The SMILES string of the molecule is COC(=O)C(=C(C)C)N1C(=O)C([C@@H](C)OC(=O)OCc2ccc([N+](=O)[O-])cc2)C1OC(C)=O. The Hall–Kier alpha value is -3.96. The molecule has 1 aromatic carbocycles. The van der Waals surface area contributed by atoms with Crippen LogP contribution in [0.15, 0.2) is 35.5 Å². The topological polar surface area (TPSA) is 152 Å². The molecule has 1 amide bonds. The number of non-ortho nitro benzene ring substituents is 1. The number of ether oxygens (including phenoxy) is 4. The summed E-state index contributed by atoms with van der Waals surface area (Å²) in [6, 6.07) is 5.37. The van der Waals surface area contributed by atoms with Crippen molar-refractivity contribution in [2.24, 2.45) is 5.92 Å². The Kier molecular flexibility index (Phi) is 8.10. The zero-order valence-electron chi connectivity index (χ0n) is 18.7. The van der Waals surface area contributed by atoms with E-state index < -0.39 is 47.2 Å². The average Bonchev–Trinajstić information content (AvgIpc) is 2.74. The van der Waals surface area contributed by atoms with Crippen LogP contribution in [-0.4, -0.2) is 53.3 Å². The maximum atomic E-state index is 12.8. The van der Waals surface area contributed by atoms with Gasteiger partial charge in [-0.3, -0.25) is 24.6 Å². The summed E-state index contributed by atoms with van der Waals surface area (Å²) in [5, 5.41) is 10.7. The third kappa shape index (κ3) is 5.84. The predicted octanol–water partition coefficient (Wildman–Crippen LogP) is 2.45. The van der Waals surface area contributed by atoms with Crippen LogP contribution in [0.4, 0.5) is 10.5 Å². The Morgan fingerprint density at radius 1 is 1.15 bits per heavy atom. The van der Waals surface area contributed by atoms with Gasteiger partial charge in [-0.2, -0.15) is 0 Å². The number of methoxy groups -OCH3 is 1. The van der Waals surface area contributed by atoms with Gasteiger partial charge in [0.25, 0.3) is 5.69 Å².